The third-order valence-corrected chi connectivity index (χ3v) is 7.53. The van der Waals surface area contributed by atoms with Crippen molar-refractivity contribution in [2.24, 2.45) is 4.99 Å². The number of rotatable bonds is 6. The molecule has 1 aliphatic heterocycles. The van der Waals surface area contributed by atoms with Gasteiger partial charge in [-0.2, -0.15) is 0 Å². The molecule has 0 saturated carbocycles. The number of aromatic nitrogens is 1. The van der Waals surface area contributed by atoms with Gasteiger partial charge in [-0.1, -0.05) is 36.2 Å². The van der Waals surface area contributed by atoms with Crippen LogP contribution >= 0.6 is 11.3 Å². The summed E-state index contributed by atoms with van der Waals surface area (Å²) in [6.45, 7) is 2.66. The van der Waals surface area contributed by atoms with E-state index < -0.39 is 10.0 Å². The molecule has 4 rings (SSSR count). The van der Waals surface area contributed by atoms with Gasteiger partial charge in [0.25, 0.3) is 10.0 Å². The van der Waals surface area contributed by atoms with Crippen LogP contribution in [0.25, 0.3) is 10.6 Å². The Morgan fingerprint density at radius 1 is 1.09 bits per heavy atom. The maximum Gasteiger partial charge on any atom is 0.262 e. The zero-order chi connectivity index (χ0) is 23.3. The fourth-order valence-electron chi connectivity index (χ4n) is 3.58. The lowest BCUT2D eigenvalue weighted by Gasteiger charge is -2.11. The Kier molecular flexibility index (Phi) is 7.20. The van der Waals surface area contributed by atoms with Crippen molar-refractivity contribution in [3.8, 4) is 10.6 Å². The Hall–Kier alpha value is -3.04. The lowest BCUT2D eigenvalue weighted by molar-refractivity contribution is -0.115. The minimum atomic E-state index is -3.77. The average molecular weight is 483 g/mol. The van der Waals surface area contributed by atoms with Gasteiger partial charge in [-0.15, -0.1) is 11.3 Å². The Morgan fingerprint density at radius 3 is 2.79 bits per heavy atom. The van der Waals surface area contributed by atoms with Crippen LogP contribution in [0.5, 0.6) is 0 Å². The molecule has 2 aromatic carbocycles. The van der Waals surface area contributed by atoms with Gasteiger partial charge in [0.1, 0.15) is 10.8 Å². The maximum atomic E-state index is 12.8. The molecule has 7 nitrogen and oxygen atoms in total. The number of anilines is 1. The molecule has 33 heavy (non-hydrogen) atoms. The minimum Gasteiger partial charge on any atom is -0.326 e. The molecule has 1 amide bonds. The number of nitrogens with zero attached hydrogens (tertiary/aromatic N) is 2. The first-order valence-electron chi connectivity index (χ1n) is 10.9. The third kappa shape index (κ3) is 6.27. The number of hydrogen-bond acceptors (Lipinski definition) is 6. The highest BCUT2D eigenvalue weighted by atomic mass is 32.2. The van der Waals surface area contributed by atoms with Crippen molar-refractivity contribution >= 4 is 38.8 Å². The number of carbonyl (C=O) groups is 1. The van der Waals surface area contributed by atoms with Crippen LogP contribution in [-0.4, -0.2) is 31.7 Å². The summed E-state index contributed by atoms with van der Waals surface area (Å²) in [6, 6.07) is 14.3. The normalized spacial score (nSPS) is 14.3. The topological polar surface area (TPSA) is 101 Å². The second-order valence-corrected chi connectivity index (χ2v) is 10.6. The van der Waals surface area contributed by atoms with E-state index in [2.05, 4.69) is 26.1 Å². The molecule has 0 atom stereocenters. The van der Waals surface area contributed by atoms with E-state index >= 15 is 0 Å². The van der Waals surface area contributed by atoms with Gasteiger partial charge in [0.05, 0.1) is 17.0 Å². The Balaban J connectivity index is 1.41. The van der Waals surface area contributed by atoms with Crippen LogP contribution in [0.3, 0.4) is 0 Å². The molecule has 2 N–H and O–H groups in total. The average Bonchev–Trinajstić information content (AvgIpc) is 3.09. The van der Waals surface area contributed by atoms with Gasteiger partial charge in [0, 0.05) is 29.6 Å². The molecule has 0 radical (unpaired) electrons. The summed E-state index contributed by atoms with van der Waals surface area (Å²) < 4.78 is 28.2. The zero-order valence-corrected chi connectivity index (χ0v) is 20.0. The molecule has 172 valence electrons. The van der Waals surface area contributed by atoms with Crippen LogP contribution in [0.4, 0.5) is 5.69 Å². The first-order valence-corrected chi connectivity index (χ1v) is 13.2. The molecule has 0 fully saturated rings. The van der Waals surface area contributed by atoms with E-state index in [9.17, 15) is 13.2 Å². The predicted octanol–water partition coefficient (Wildman–Crippen LogP) is 4.55. The highest BCUT2D eigenvalue weighted by Crippen LogP contribution is 2.25. The number of amides is 1. The highest BCUT2D eigenvalue weighted by molar-refractivity contribution is 7.90. The largest absolute Gasteiger partial charge is 0.326 e. The van der Waals surface area contributed by atoms with Crippen molar-refractivity contribution < 1.29 is 13.2 Å². The van der Waals surface area contributed by atoms with Crippen LogP contribution in [0.15, 0.2) is 63.8 Å². The van der Waals surface area contributed by atoms with Crippen molar-refractivity contribution in [3.63, 3.8) is 0 Å². The molecule has 0 aliphatic carbocycles. The van der Waals surface area contributed by atoms with Gasteiger partial charge in [0.15, 0.2) is 0 Å². The van der Waals surface area contributed by atoms with E-state index in [0.29, 0.717) is 30.2 Å². The van der Waals surface area contributed by atoms with Gasteiger partial charge in [0.2, 0.25) is 5.91 Å². The Bertz CT molecular complexity index is 1280. The quantitative estimate of drug-likeness (QED) is 0.538. The molecule has 3 aromatic rings. The lowest BCUT2D eigenvalue weighted by atomic mass is 10.1. The first kappa shape index (κ1) is 23.1. The number of hydrogen-bond donors (Lipinski definition) is 2. The molecule has 0 spiro atoms. The SMILES string of the molecule is Cc1cccc(-c2nc(CC(=O)Nc3cccc(S(=O)(=O)NC4=NCCCCC4)c3)cs2)c1. The number of carbonyl (C=O) groups excluding carboxylic acids is 1. The molecule has 0 bridgehead atoms. The van der Waals surface area contributed by atoms with E-state index in [1.807, 2.05) is 30.5 Å². The van der Waals surface area contributed by atoms with E-state index in [0.717, 1.165) is 35.4 Å². The number of sulfonamides is 1. The van der Waals surface area contributed by atoms with Crippen molar-refractivity contribution in [1.29, 1.82) is 0 Å². The lowest BCUT2D eigenvalue weighted by Crippen LogP contribution is -2.30. The summed E-state index contributed by atoms with van der Waals surface area (Å²) in [5.74, 6) is 0.238. The maximum absolute atomic E-state index is 12.8. The second-order valence-electron chi connectivity index (χ2n) is 8.01. The molecular formula is C24H26N4O3S2. The van der Waals surface area contributed by atoms with Crippen LogP contribution in [0.1, 0.15) is 36.9 Å². The van der Waals surface area contributed by atoms with Crippen molar-refractivity contribution in [2.75, 3.05) is 11.9 Å². The molecule has 2 heterocycles. The van der Waals surface area contributed by atoms with Gasteiger partial charge in [-0.05, 0) is 44.0 Å². The molecule has 1 aliphatic rings. The summed E-state index contributed by atoms with van der Waals surface area (Å²) in [7, 11) is -3.77. The molecule has 0 unspecified atom stereocenters. The summed E-state index contributed by atoms with van der Waals surface area (Å²) in [4.78, 5) is 21.6. The van der Waals surface area contributed by atoms with E-state index in [1.54, 1.807) is 12.1 Å². The van der Waals surface area contributed by atoms with Gasteiger partial charge >= 0.3 is 0 Å². The summed E-state index contributed by atoms with van der Waals surface area (Å²) in [6.07, 6.45) is 3.65. The Labute approximate surface area is 198 Å². The van der Waals surface area contributed by atoms with Crippen LogP contribution in [0.2, 0.25) is 0 Å². The molecule has 0 saturated heterocycles. The Morgan fingerprint density at radius 2 is 1.94 bits per heavy atom. The number of benzene rings is 2. The number of nitrogens with one attached hydrogen (secondary N) is 2. The number of amidine groups is 1. The third-order valence-electron chi connectivity index (χ3n) is 5.21. The van der Waals surface area contributed by atoms with Crippen LogP contribution in [0, 0.1) is 6.92 Å². The fraction of sp³-hybridized carbons (Fsp3) is 0.292. The van der Waals surface area contributed by atoms with Crippen molar-refractivity contribution in [2.45, 2.75) is 43.9 Å². The standard InChI is InChI=1S/C24H26N4O3S2/c1-17-7-5-8-18(13-17)24-27-20(16-32-24)15-23(29)26-19-9-6-10-21(14-19)33(30,31)28-22-11-3-2-4-12-25-22/h5-10,13-14,16H,2-4,11-12,15H2,1H3,(H,25,28)(H,26,29). The van der Waals surface area contributed by atoms with Crippen molar-refractivity contribution in [1.82, 2.24) is 9.71 Å². The monoisotopic (exact) mass is 482 g/mol. The van der Waals surface area contributed by atoms with Gasteiger partial charge in [-0.3, -0.25) is 14.5 Å². The first-order chi connectivity index (χ1) is 15.9. The second kappa shape index (κ2) is 10.3. The fourth-order valence-corrected chi connectivity index (χ4v) is 5.53. The molecular weight excluding hydrogens is 456 g/mol. The van der Waals surface area contributed by atoms with Crippen LogP contribution in [-0.2, 0) is 21.2 Å². The highest BCUT2D eigenvalue weighted by Gasteiger charge is 2.18. The van der Waals surface area contributed by atoms with Crippen LogP contribution < -0.4 is 10.0 Å². The zero-order valence-electron chi connectivity index (χ0n) is 18.4. The predicted molar refractivity (Wildman–Crippen MR) is 132 cm³/mol. The van der Waals surface area contributed by atoms with E-state index in [1.165, 1.54) is 23.5 Å². The van der Waals surface area contributed by atoms with E-state index in [4.69, 9.17) is 0 Å². The number of thiazole rings is 1. The smallest absolute Gasteiger partial charge is 0.262 e. The summed E-state index contributed by atoms with van der Waals surface area (Å²) >= 11 is 1.49. The van der Waals surface area contributed by atoms with Gasteiger partial charge < -0.3 is 5.32 Å². The van der Waals surface area contributed by atoms with Gasteiger partial charge in [-0.25, -0.2) is 13.4 Å². The number of aryl methyl sites for hydroxylation is 1. The molecule has 9 heteroatoms. The van der Waals surface area contributed by atoms with Crippen molar-refractivity contribution in [3.05, 3.63) is 65.2 Å². The minimum absolute atomic E-state index is 0.0858. The summed E-state index contributed by atoms with van der Waals surface area (Å²) in [5.41, 5.74) is 3.26. The molecule has 1 aromatic heterocycles. The number of aliphatic imine (C=N–C) groups is 1. The van der Waals surface area contributed by atoms with E-state index in [-0.39, 0.29) is 17.2 Å². The summed E-state index contributed by atoms with van der Waals surface area (Å²) in [5, 5.41) is 5.51.